The van der Waals surface area contributed by atoms with Gasteiger partial charge in [-0.25, -0.2) is 4.39 Å². The van der Waals surface area contributed by atoms with Gasteiger partial charge in [-0.2, -0.15) is 0 Å². The molecule has 0 aliphatic heterocycles. The second-order valence-electron chi connectivity index (χ2n) is 4.22. The zero-order chi connectivity index (χ0) is 13.0. The Morgan fingerprint density at radius 3 is 2.89 bits per heavy atom. The Morgan fingerprint density at radius 2 is 2.22 bits per heavy atom. The number of hydrogen-bond donors (Lipinski definition) is 1. The maximum absolute atomic E-state index is 13.2. The SMILES string of the molecule is CC(N)Cc1cc(F)ccc1Oc1cccnc1. The van der Waals surface area contributed by atoms with Crippen molar-refractivity contribution in [2.24, 2.45) is 5.73 Å². The third-order valence-corrected chi connectivity index (χ3v) is 2.43. The Labute approximate surface area is 105 Å². The molecule has 2 N–H and O–H groups in total. The first-order valence-corrected chi connectivity index (χ1v) is 5.77. The van der Waals surface area contributed by atoms with Crippen molar-refractivity contribution >= 4 is 0 Å². The van der Waals surface area contributed by atoms with Crippen LogP contribution < -0.4 is 10.5 Å². The Kier molecular flexibility index (Phi) is 3.89. The highest BCUT2D eigenvalue weighted by Crippen LogP contribution is 2.26. The molecule has 0 saturated carbocycles. The van der Waals surface area contributed by atoms with Crippen LogP contribution in [0.15, 0.2) is 42.7 Å². The normalized spacial score (nSPS) is 12.2. The average Bonchev–Trinajstić information content (AvgIpc) is 2.33. The van der Waals surface area contributed by atoms with E-state index in [-0.39, 0.29) is 11.9 Å². The van der Waals surface area contributed by atoms with Gasteiger partial charge in [0.2, 0.25) is 0 Å². The van der Waals surface area contributed by atoms with E-state index < -0.39 is 0 Å². The molecule has 4 heteroatoms. The molecule has 1 heterocycles. The molecule has 0 bridgehead atoms. The van der Waals surface area contributed by atoms with Gasteiger partial charge in [-0.05, 0) is 49.2 Å². The van der Waals surface area contributed by atoms with E-state index in [1.165, 1.54) is 12.1 Å². The van der Waals surface area contributed by atoms with Crippen molar-refractivity contribution in [3.8, 4) is 11.5 Å². The molecule has 1 aromatic carbocycles. The van der Waals surface area contributed by atoms with Gasteiger partial charge >= 0.3 is 0 Å². The van der Waals surface area contributed by atoms with Gasteiger partial charge in [-0.3, -0.25) is 4.98 Å². The summed E-state index contributed by atoms with van der Waals surface area (Å²) in [5.74, 6) is 0.945. The lowest BCUT2D eigenvalue weighted by molar-refractivity contribution is 0.469. The summed E-state index contributed by atoms with van der Waals surface area (Å²) in [5, 5.41) is 0. The summed E-state index contributed by atoms with van der Waals surface area (Å²) in [6.07, 6.45) is 3.84. The van der Waals surface area contributed by atoms with Crippen molar-refractivity contribution in [1.29, 1.82) is 0 Å². The first kappa shape index (κ1) is 12.5. The molecule has 0 aliphatic rings. The zero-order valence-corrected chi connectivity index (χ0v) is 10.1. The van der Waals surface area contributed by atoms with Crippen LogP contribution in [0.3, 0.4) is 0 Å². The fraction of sp³-hybridized carbons (Fsp3) is 0.214. The Bertz CT molecular complexity index is 514. The van der Waals surface area contributed by atoms with Crippen molar-refractivity contribution in [3.63, 3.8) is 0 Å². The van der Waals surface area contributed by atoms with Crippen LogP contribution >= 0.6 is 0 Å². The standard InChI is InChI=1S/C14H15FN2O/c1-10(16)7-11-8-12(15)4-5-14(11)18-13-3-2-6-17-9-13/h2-6,8-10H,7,16H2,1H3. The number of ether oxygens (including phenoxy) is 1. The number of halogens is 1. The van der Waals surface area contributed by atoms with Crippen molar-refractivity contribution in [3.05, 3.63) is 54.1 Å². The molecule has 2 rings (SSSR count). The first-order chi connectivity index (χ1) is 8.65. The number of rotatable bonds is 4. The highest BCUT2D eigenvalue weighted by molar-refractivity contribution is 5.38. The molecule has 0 radical (unpaired) electrons. The lowest BCUT2D eigenvalue weighted by Gasteiger charge is -2.12. The van der Waals surface area contributed by atoms with Gasteiger partial charge in [0.25, 0.3) is 0 Å². The van der Waals surface area contributed by atoms with Crippen molar-refractivity contribution in [2.75, 3.05) is 0 Å². The fourth-order valence-corrected chi connectivity index (χ4v) is 1.69. The van der Waals surface area contributed by atoms with E-state index in [1.54, 1.807) is 30.6 Å². The summed E-state index contributed by atoms with van der Waals surface area (Å²) < 4.78 is 18.9. The van der Waals surface area contributed by atoms with E-state index in [0.717, 1.165) is 5.56 Å². The van der Waals surface area contributed by atoms with Crippen molar-refractivity contribution < 1.29 is 9.13 Å². The third kappa shape index (κ3) is 3.28. The van der Waals surface area contributed by atoms with E-state index in [2.05, 4.69) is 4.98 Å². The van der Waals surface area contributed by atoms with E-state index >= 15 is 0 Å². The molecule has 94 valence electrons. The number of pyridine rings is 1. The van der Waals surface area contributed by atoms with Crippen LogP contribution in [0.1, 0.15) is 12.5 Å². The number of hydrogen-bond acceptors (Lipinski definition) is 3. The number of benzene rings is 1. The van der Waals surface area contributed by atoms with Crippen LogP contribution in [0.4, 0.5) is 4.39 Å². The number of nitrogens with two attached hydrogens (primary N) is 1. The molecular formula is C14H15FN2O. The van der Waals surface area contributed by atoms with E-state index in [4.69, 9.17) is 10.5 Å². The summed E-state index contributed by atoms with van der Waals surface area (Å²) in [7, 11) is 0. The minimum absolute atomic E-state index is 0.0527. The fourth-order valence-electron chi connectivity index (χ4n) is 1.69. The summed E-state index contributed by atoms with van der Waals surface area (Å²) in [5.41, 5.74) is 6.50. The van der Waals surface area contributed by atoms with Gasteiger partial charge in [0.05, 0.1) is 6.20 Å². The van der Waals surface area contributed by atoms with E-state index in [9.17, 15) is 4.39 Å². The Balaban J connectivity index is 2.26. The van der Waals surface area contributed by atoms with Crippen LogP contribution in [0.25, 0.3) is 0 Å². The molecule has 0 fully saturated rings. The molecule has 0 spiro atoms. The highest BCUT2D eigenvalue weighted by Gasteiger charge is 2.08. The minimum Gasteiger partial charge on any atom is -0.455 e. The quantitative estimate of drug-likeness (QED) is 0.902. The average molecular weight is 246 g/mol. The molecule has 0 saturated heterocycles. The lowest BCUT2D eigenvalue weighted by atomic mass is 10.1. The Hall–Kier alpha value is -1.94. The van der Waals surface area contributed by atoms with Gasteiger partial charge in [-0.1, -0.05) is 0 Å². The van der Waals surface area contributed by atoms with Crippen LogP contribution in [0.5, 0.6) is 11.5 Å². The van der Waals surface area contributed by atoms with Crippen LogP contribution in [0, 0.1) is 5.82 Å². The van der Waals surface area contributed by atoms with Crippen LogP contribution in [-0.4, -0.2) is 11.0 Å². The minimum atomic E-state index is -0.288. The number of aromatic nitrogens is 1. The van der Waals surface area contributed by atoms with Crippen molar-refractivity contribution in [1.82, 2.24) is 4.98 Å². The Morgan fingerprint density at radius 1 is 1.39 bits per heavy atom. The molecule has 3 nitrogen and oxygen atoms in total. The zero-order valence-electron chi connectivity index (χ0n) is 10.1. The smallest absolute Gasteiger partial charge is 0.145 e. The van der Waals surface area contributed by atoms with Gasteiger partial charge < -0.3 is 10.5 Å². The van der Waals surface area contributed by atoms with Gasteiger partial charge in [0.1, 0.15) is 17.3 Å². The maximum atomic E-state index is 13.2. The molecular weight excluding hydrogens is 231 g/mol. The molecule has 2 aromatic rings. The second kappa shape index (κ2) is 5.60. The van der Waals surface area contributed by atoms with E-state index in [0.29, 0.717) is 17.9 Å². The third-order valence-electron chi connectivity index (χ3n) is 2.43. The van der Waals surface area contributed by atoms with E-state index in [1.807, 2.05) is 6.92 Å². The highest BCUT2D eigenvalue weighted by atomic mass is 19.1. The van der Waals surface area contributed by atoms with Crippen LogP contribution in [0.2, 0.25) is 0 Å². The number of nitrogens with zero attached hydrogens (tertiary/aromatic N) is 1. The predicted molar refractivity (Wildman–Crippen MR) is 68.1 cm³/mol. The molecule has 1 unspecified atom stereocenters. The van der Waals surface area contributed by atoms with Gasteiger partial charge in [0.15, 0.2) is 0 Å². The molecule has 0 aliphatic carbocycles. The molecule has 1 atom stereocenters. The lowest BCUT2D eigenvalue weighted by Crippen LogP contribution is -2.18. The summed E-state index contributed by atoms with van der Waals surface area (Å²) >= 11 is 0. The second-order valence-corrected chi connectivity index (χ2v) is 4.22. The topological polar surface area (TPSA) is 48.1 Å². The first-order valence-electron chi connectivity index (χ1n) is 5.77. The van der Waals surface area contributed by atoms with Crippen molar-refractivity contribution in [2.45, 2.75) is 19.4 Å². The largest absolute Gasteiger partial charge is 0.455 e. The monoisotopic (exact) mass is 246 g/mol. The molecule has 18 heavy (non-hydrogen) atoms. The van der Waals surface area contributed by atoms with Gasteiger partial charge in [-0.15, -0.1) is 0 Å². The van der Waals surface area contributed by atoms with Gasteiger partial charge in [0, 0.05) is 12.2 Å². The predicted octanol–water partition coefficient (Wildman–Crippen LogP) is 2.90. The summed E-state index contributed by atoms with van der Waals surface area (Å²) in [6.45, 7) is 1.87. The molecule has 1 aromatic heterocycles. The summed E-state index contributed by atoms with van der Waals surface area (Å²) in [6, 6.07) is 7.96. The molecule has 0 amide bonds. The van der Waals surface area contributed by atoms with Crippen LogP contribution in [-0.2, 0) is 6.42 Å². The maximum Gasteiger partial charge on any atom is 0.145 e. The summed E-state index contributed by atoms with van der Waals surface area (Å²) in [4.78, 5) is 3.97.